The number of rotatable bonds is 7. The Morgan fingerprint density at radius 3 is 2.50 bits per heavy atom. The number of anilines is 1. The van der Waals surface area contributed by atoms with Gasteiger partial charge in [-0.1, -0.05) is 12.1 Å². The number of hydrogen-bond acceptors (Lipinski definition) is 4. The van der Waals surface area contributed by atoms with Gasteiger partial charge in [0.15, 0.2) is 0 Å². The summed E-state index contributed by atoms with van der Waals surface area (Å²) in [4.78, 5) is 26.4. The molecular weight excluding hydrogens is 375 g/mol. The van der Waals surface area contributed by atoms with Gasteiger partial charge in [-0.3, -0.25) is 14.3 Å². The molecule has 0 fully saturated rings. The lowest BCUT2D eigenvalue weighted by Gasteiger charge is -2.25. The molecule has 7 nitrogen and oxygen atoms in total. The Hall–Kier alpha value is -2.88. The van der Waals surface area contributed by atoms with Gasteiger partial charge >= 0.3 is 6.18 Å². The monoisotopic (exact) mass is 397 g/mol. The van der Waals surface area contributed by atoms with Gasteiger partial charge in [-0.05, 0) is 26.1 Å². The van der Waals surface area contributed by atoms with E-state index >= 15 is 0 Å². The van der Waals surface area contributed by atoms with Crippen LogP contribution in [0.4, 0.5) is 18.9 Å². The summed E-state index contributed by atoms with van der Waals surface area (Å²) in [5.41, 5.74) is -0.668. The number of amides is 2. The predicted octanol–water partition coefficient (Wildman–Crippen LogP) is 2.19. The number of halogens is 3. The van der Waals surface area contributed by atoms with Gasteiger partial charge < -0.3 is 15.5 Å². The Balaban J connectivity index is 2.12. The number of carbonyl (C=O) groups excluding carboxylic acids is 2. The lowest BCUT2D eigenvalue weighted by Crippen LogP contribution is -2.43. The minimum atomic E-state index is -4.60. The molecule has 0 aliphatic rings. The second-order valence-corrected chi connectivity index (χ2v) is 6.11. The third kappa shape index (κ3) is 5.10. The van der Waals surface area contributed by atoms with Crippen molar-refractivity contribution in [3.63, 3.8) is 0 Å². The standard InChI is InChI=1S/C18H22F3N5O2/c1-4-26(17(28)16(22-2)12-9-23-25(3)10-12)11-15(27)24-14-8-6-5-7-13(14)18(19,20)21/h5-10,16,22H,4,11H2,1-3H3,(H,24,27). The summed E-state index contributed by atoms with van der Waals surface area (Å²) in [6.45, 7) is 1.52. The molecule has 0 saturated carbocycles. The zero-order chi connectivity index (χ0) is 20.9. The second kappa shape index (κ2) is 8.87. The molecule has 152 valence electrons. The molecule has 1 aromatic heterocycles. The number of hydrogen-bond donors (Lipinski definition) is 2. The van der Waals surface area contributed by atoms with E-state index in [1.807, 2.05) is 0 Å². The Bertz CT molecular complexity index is 835. The summed E-state index contributed by atoms with van der Waals surface area (Å²) in [6.07, 6.45) is -1.39. The van der Waals surface area contributed by atoms with Crippen molar-refractivity contribution in [2.75, 3.05) is 25.5 Å². The number of aryl methyl sites for hydroxylation is 1. The maximum Gasteiger partial charge on any atom is 0.418 e. The zero-order valence-corrected chi connectivity index (χ0v) is 15.7. The molecule has 1 unspecified atom stereocenters. The molecule has 1 heterocycles. The highest BCUT2D eigenvalue weighted by molar-refractivity contribution is 5.96. The first kappa shape index (κ1) is 21.4. The number of benzene rings is 1. The molecule has 0 radical (unpaired) electrons. The molecule has 0 aliphatic heterocycles. The average molecular weight is 397 g/mol. The van der Waals surface area contributed by atoms with E-state index in [-0.39, 0.29) is 24.7 Å². The first-order valence-electron chi connectivity index (χ1n) is 8.58. The van der Waals surface area contributed by atoms with Crippen LogP contribution in [0.5, 0.6) is 0 Å². The van der Waals surface area contributed by atoms with Gasteiger partial charge in [-0.25, -0.2) is 0 Å². The third-order valence-corrected chi connectivity index (χ3v) is 4.13. The van der Waals surface area contributed by atoms with Crippen molar-refractivity contribution in [1.29, 1.82) is 0 Å². The summed E-state index contributed by atoms with van der Waals surface area (Å²) in [6, 6.07) is 3.98. The van der Waals surface area contributed by atoms with Gasteiger partial charge in [-0.15, -0.1) is 0 Å². The maximum atomic E-state index is 13.1. The Morgan fingerprint density at radius 2 is 1.96 bits per heavy atom. The van der Waals surface area contributed by atoms with Crippen LogP contribution in [0, 0.1) is 0 Å². The molecule has 1 atom stereocenters. The highest BCUT2D eigenvalue weighted by atomic mass is 19.4. The number of carbonyl (C=O) groups is 2. The average Bonchev–Trinajstić information content (AvgIpc) is 3.05. The summed E-state index contributed by atoms with van der Waals surface area (Å²) in [7, 11) is 3.31. The normalized spacial score (nSPS) is 12.5. The van der Waals surface area contributed by atoms with Crippen molar-refractivity contribution < 1.29 is 22.8 Å². The molecule has 1 aromatic carbocycles. The second-order valence-electron chi connectivity index (χ2n) is 6.11. The largest absolute Gasteiger partial charge is 0.418 e. The van der Waals surface area contributed by atoms with Crippen molar-refractivity contribution >= 4 is 17.5 Å². The third-order valence-electron chi connectivity index (χ3n) is 4.13. The molecule has 28 heavy (non-hydrogen) atoms. The molecule has 0 saturated heterocycles. The fourth-order valence-electron chi connectivity index (χ4n) is 2.75. The van der Waals surface area contributed by atoms with Crippen LogP contribution in [0.3, 0.4) is 0 Å². The van der Waals surface area contributed by atoms with Crippen molar-refractivity contribution in [3.05, 3.63) is 47.8 Å². The smallest absolute Gasteiger partial charge is 0.332 e. The molecule has 0 spiro atoms. The zero-order valence-electron chi connectivity index (χ0n) is 15.7. The van der Waals surface area contributed by atoms with E-state index in [1.54, 1.807) is 31.9 Å². The highest BCUT2D eigenvalue weighted by Crippen LogP contribution is 2.34. The number of likely N-dealkylation sites (N-methyl/N-ethyl adjacent to an activating group) is 2. The van der Waals surface area contributed by atoms with Crippen LogP contribution >= 0.6 is 0 Å². The van der Waals surface area contributed by atoms with Crippen LogP contribution in [0.2, 0.25) is 0 Å². The van der Waals surface area contributed by atoms with Crippen LogP contribution in [0.1, 0.15) is 24.1 Å². The van der Waals surface area contributed by atoms with Gasteiger partial charge in [-0.2, -0.15) is 18.3 Å². The molecule has 2 aromatic rings. The number of aromatic nitrogens is 2. The van der Waals surface area contributed by atoms with Crippen molar-refractivity contribution in [2.45, 2.75) is 19.1 Å². The van der Waals surface area contributed by atoms with E-state index in [2.05, 4.69) is 15.7 Å². The van der Waals surface area contributed by atoms with E-state index in [4.69, 9.17) is 0 Å². The number of nitrogens with zero attached hydrogens (tertiary/aromatic N) is 3. The van der Waals surface area contributed by atoms with Crippen LogP contribution in [0.25, 0.3) is 0 Å². The molecular formula is C18H22F3N5O2. The van der Waals surface area contributed by atoms with Crippen molar-refractivity contribution in [1.82, 2.24) is 20.0 Å². The minimum absolute atomic E-state index is 0.214. The lowest BCUT2D eigenvalue weighted by atomic mass is 10.1. The number of nitrogens with one attached hydrogen (secondary N) is 2. The molecule has 2 rings (SSSR count). The lowest BCUT2D eigenvalue weighted by molar-refractivity contribution is -0.138. The van der Waals surface area contributed by atoms with Crippen LogP contribution < -0.4 is 10.6 Å². The first-order chi connectivity index (χ1) is 13.2. The molecule has 0 aliphatic carbocycles. The quantitative estimate of drug-likeness (QED) is 0.751. The van der Waals surface area contributed by atoms with E-state index in [0.717, 1.165) is 6.07 Å². The Morgan fingerprint density at radius 1 is 1.29 bits per heavy atom. The molecule has 10 heteroatoms. The van der Waals surface area contributed by atoms with Gasteiger partial charge in [0.1, 0.15) is 6.04 Å². The molecule has 0 bridgehead atoms. The number of alkyl halides is 3. The van der Waals surface area contributed by atoms with E-state index in [0.29, 0.717) is 5.56 Å². The van der Waals surface area contributed by atoms with E-state index in [9.17, 15) is 22.8 Å². The summed E-state index contributed by atoms with van der Waals surface area (Å²) in [5.74, 6) is -1.09. The van der Waals surface area contributed by atoms with Crippen LogP contribution in [-0.4, -0.2) is 46.6 Å². The molecule has 2 N–H and O–H groups in total. The van der Waals surface area contributed by atoms with E-state index in [1.165, 1.54) is 29.3 Å². The van der Waals surface area contributed by atoms with Gasteiger partial charge in [0.25, 0.3) is 0 Å². The van der Waals surface area contributed by atoms with Gasteiger partial charge in [0.05, 0.1) is 24.0 Å². The van der Waals surface area contributed by atoms with Crippen LogP contribution in [-0.2, 0) is 22.8 Å². The highest BCUT2D eigenvalue weighted by Gasteiger charge is 2.34. The minimum Gasteiger partial charge on any atom is -0.332 e. The van der Waals surface area contributed by atoms with Crippen LogP contribution in [0.15, 0.2) is 36.7 Å². The van der Waals surface area contributed by atoms with Gasteiger partial charge in [0, 0.05) is 25.4 Å². The summed E-state index contributed by atoms with van der Waals surface area (Å²) >= 11 is 0. The Labute approximate surface area is 160 Å². The van der Waals surface area contributed by atoms with Gasteiger partial charge in [0.2, 0.25) is 11.8 Å². The maximum absolute atomic E-state index is 13.1. The fraction of sp³-hybridized carbons (Fsp3) is 0.389. The first-order valence-corrected chi connectivity index (χ1v) is 8.58. The van der Waals surface area contributed by atoms with Crippen molar-refractivity contribution in [3.8, 4) is 0 Å². The topological polar surface area (TPSA) is 79.3 Å². The fourth-order valence-corrected chi connectivity index (χ4v) is 2.75. The Kier molecular flexibility index (Phi) is 6.79. The predicted molar refractivity (Wildman–Crippen MR) is 97.3 cm³/mol. The SMILES string of the molecule is CCN(CC(=O)Nc1ccccc1C(F)(F)F)C(=O)C(NC)c1cnn(C)c1. The molecule has 2 amide bonds. The summed E-state index contributed by atoms with van der Waals surface area (Å²) in [5, 5.41) is 9.14. The van der Waals surface area contributed by atoms with Crippen molar-refractivity contribution in [2.24, 2.45) is 7.05 Å². The summed E-state index contributed by atoms with van der Waals surface area (Å²) < 4.78 is 40.7. The number of para-hydroxylation sites is 1. The van der Waals surface area contributed by atoms with E-state index < -0.39 is 23.7 Å².